The van der Waals surface area contributed by atoms with Gasteiger partial charge in [-0.1, -0.05) is 12.1 Å². The molecule has 2 aromatic rings. The Kier molecular flexibility index (Phi) is 3.12. The molecular weight excluding hydrogens is 256 g/mol. The van der Waals surface area contributed by atoms with E-state index in [0.717, 1.165) is 11.5 Å². The molecule has 2 atom stereocenters. The van der Waals surface area contributed by atoms with Crippen molar-refractivity contribution in [3.05, 3.63) is 41.2 Å². The summed E-state index contributed by atoms with van der Waals surface area (Å²) in [5.74, 6) is 3.57. The van der Waals surface area contributed by atoms with Crippen LogP contribution in [0.3, 0.4) is 0 Å². The first-order chi connectivity index (χ1) is 9.54. The number of hydrogen-bond acceptors (Lipinski definition) is 4. The Morgan fingerprint density at radius 1 is 1.50 bits per heavy atom. The quantitative estimate of drug-likeness (QED) is 0.860. The van der Waals surface area contributed by atoms with E-state index in [0.29, 0.717) is 29.8 Å². The lowest BCUT2D eigenvalue weighted by molar-refractivity contribution is 0.0764. The summed E-state index contributed by atoms with van der Waals surface area (Å²) in [5.41, 5.74) is 0.326. The molecule has 0 radical (unpaired) electrons. The SMILES string of the molecule is Cc1cc(C(=O)N(C)Cc2ccc(C3CC3C)o2)no1. The molecule has 0 aliphatic heterocycles. The summed E-state index contributed by atoms with van der Waals surface area (Å²) in [7, 11) is 1.73. The van der Waals surface area contributed by atoms with E-state index < -0.39 is 0 Å². The molecule has 1 aliphatic rings. The van der Waals surface area contributed by atoms with Gasteiger partial charge in [0.05, 0.1) is 6.54 Å². The van der Waals surface area contributed by atoms with Gasteiger partial charge in [-0.3, -0.25) is 4.79 Å². The zero-order valence-corrected chi connectivity index (χ0v) is 11.9. The van der Waals surface area contributed by atoms with E-state index in [1.165, 1.54) is 6.42 Å². The molecule has 2 heterocycles. The second-order valence-electron chi connectivity index (χ2n) is 5.61. The molecule has 20 heavy (non-hydrogen) atoms. The Morgan fingerprint density at radius 3 is 2.85 bits per heavy atom. The molecule has 3 rings (SSSR count). The summed E-state index contributed by atoms with van der Waals surface area (Å²) in [6, 6.07) is 5.60. The van der Waals surface area contributed by atoms with Crippen LogP contribution in [0.1, 0.15) is 47.0 Å². The smallest absolute Gasteiger partial charge is 0.276 e. The minimum atomic E-state index is -0.167. The second-order valence-corrected chi connectivity index (χ2v) is 5.61. The van der Waals surface area contributed by atoms with E-state index in [1.807, 2.05) is 12.1 Å². The van der Waals surface area contributed by atoms with Crippen molar-refractivity contribution >= 4 is 5.91 Å². The molecule has 0 N–H and O–H groups in total. The molecule has 0 spiro atoms. The predicted octanol–water partition coefficient (Wildman–Crippen LogP) is 2.97. The maximum Gasteiger partial charge on any atom is 0.276 e. The Morgan fingerprint density at radius 2 is 2.25 bits per heavy atom. The van der Waals surface area contributed by atoms with Crippen molar-refractivity contribution < 1.29 is 13.7 Å². The normalized spacial score (nSPS) is 20.9. The molecule has 1 aliphatic carbocycles. The largest absolute Gasteiger partial charge is 0.464 e. The van der Waals surface area contributed by atoms with Crippen molar-refractivity contribution in [3.8, 4) is 0 Å². The Labute approximate surface area is 117 Å². The molecular formula is C15H18N2O3. The number of carbonyl (C=O) groups excluding carboxylic acids is 1. The topological polar surface area (TPSA) is 59.5 Å². The lowest BCUT2D eigenvalue weighted by atomic mass is 10.3. The van der Waals surface area contributed by atoms with Gasteiger partial charge in [0.15, 0.2) is 5.69 Å². The van der Waals surface area contributed by atoms with Crippen molar-refractivity contribution in [1.82, 2.24) is 10.1 Å². The molecule has 1 saturated carbocycles. The average molecular weight is 274 g/mol. The van der Waals surface area contributed by atoms with Crippen molar-refractivity contribution in [2.45, 2.75) is 32.7 Å². The minimum absolute atomic E-state index is 0.167. The van der Waals surface area contributed by atoms with Gasteiger partial charge in [-0.25, -0.2) is 0 Å². The number of aryl methyl sites for hydroxylation is 1. The van der Waals surface area contributed by atoms with Crippen molar-refractivity contribution in [2.24, 2.45) is 5.92 Å². The van der Waals surface area contributed by atoms with E-state index in [2.05, 4.69) is 12.1 Å². The van der Waals surface area contributed by atoms with Crippen LogP contribution in [0.2, 0.25) is 0 Å². The van der Waals surface area contributed by atoms with Crippen molar-refractivity contribution in [3.63, 3.8) is 0 Å². The number of rotatable bonds is 4. The van der Waals surface area contributed by atoms with Crippen molar-refractivity contribution in [1.29, 1.82) is 0 Å². The molecule has 2 aromatic heterocycles. The van der Waals surface area contributed by atoms with Gasteiger partial charge >= 0.3 is 0 Å². The summed E-state index contributed by atoms with van der Waals surface area (Å²) in [6.45, 7) is 4.42. The third-order valence-electron chi connectivity index (χ3n) is 3.74. The lowest BCUT2D eigenvalue weighted by Crippen LogP contribution is -2.26. The van der Waals surface area contributed by atoms with Crippen LogP contribution in [0, 0.1) is 12.8 Å². The highest BCUT2D eigenvalue weighted by Gasteiger charge is 2.36. The molecule has 106 valence electrons. The van der Waals surface area contributed by atoms with E-state index in [-0.39, 0.29) is 5.91 Å². The summed E-state index contributed by atoms with van der Waals surface area (Å²) < 4.78 is 10.7. The third-order valence-corrected chi connectivity index (χ3v) is 3.74. The van der Waals surface area contributed by atoms with Crippen LogP contribution < -0.4 is 0 Å². The molecule has 5 heteroatoms. The minimum Gasteiger partial charge on any atom is -0.464 e. The van der Waals surface area contributed by atoms with Crippen LogP contribution in [0.15, 0.2) is 27.1 Å². The van der Waals surface area contributed by atoms with Crippen LogP contribution in [0.5, 0.6) is 0 Å². The fourth-order valence-corrected chi connectivity index (χ4v) is 2.37. The molecule has 0 saturated heterocycles. The Hall–Kier alpha value is -2.04. The first-order valence-electron chi connectivity index (χ1n) is 6.82. The van der Waals surface area contributed by atoms with Gasteiger partial charge in [0.1, 0.15) is 17.3 Å². The number of carbonyl (C=O) groups is 1. The van der Waals surface area contributed by atoms with Gasteiger partial charge in [0, 0.05) is 19.0 Å². The van der Waals surface area contributed by atoms with Crippen LogP contribution in [0.4, 0.5) is 0 Å². The van der Waals surface area contributed by atoms with E-state index in [9.17, 15) is 4.79 Å². The van der Waals surface area contributed by atoms with Crippen molar-refractivity contribution in [2.75, 3.05) is 7.05 Å². The monoisotopic (exact) mass is 274 g/mol. The number of aromatic nitrogens is 1. The predicted molar refractivity (Wildman–Crippen MR) is 72.3 cm³/mol. The van der Waals surface area contributed by atoms with E-state index in [4.69, 9.17) is 8.94 Å². The van der Waals surface area contributed by atoms with Gasteiger partial charge in [0.25, 0.3) is 5.91 Å². The number of amides is 1. The van der Waals surface area contributed by atoms with E-state index in [1.54, 1.807) is 24.9 Å². The summed E-state index contributed by atoms with van der Waals surface area (Å²) >= 11 is 0. The van der Waals surface area contributed by atoms with Crippen LogP contribution in [-0.4, -0.2) is 23.0 Å². The molecule has 1 fully saturated rings. The zero-order chi connectivity index (χ0) is 14.3. The Bertz CT molecular complexity index is 629. The van der Waals surface area contributed by atoms with Gasteiger partial charge < -0.3 is 13.8 Å². The molecule has 0 bridgehead atoms. The molecule has 5 nitrogen and oxygen atoms in total. The fraction of sp³-hybridized carbons (Fsp3) is 0.467. The van der Waals surface area contributed by atoms with Gasteiger partial charge in [-0.05, 0) is 31.4 Å². The van der Waals surface area contributed by atoms with Gasteiger partial charge in [-0.15, -0.1) is 0 Å². The first-order valence-corrected chi connectivity index (χ1v) is 6.82. The second kappa shape index (κ2) is 4.81. The van der Waals surface area contributed by atoms with Crippen LogP contribution >= 0.6 is 0 Å². The maximum atomic E-state index is 12.1. The summed E-state index contributed by atoms with van der Waals surface area (Å²) in [5, 5.41) is 3.73. The van der Waals surface area contributed by atoms with Gasteiger partial charge in [-0.2, -0.15) is 0 Å². The molecule has 2 unspecified atom stereocenters. The number of hydrogen-bond donors (Lipinski definition) is 0. The van der Waals surface area contributed by atoms with Gasteiger partial charge in [0.2, 0.25) is 0 Å². The first kappa shape index (κ1) is 13.0. The third kappa shape index (κ3) is 2.48. The van der Waals surface area contributed by atoms with Crippen LogP contribution in [-0.2, 0) is 6.54 Å². The molecule has 1 amide bonds. The standard InChI is InChI=1S/C15H18N2O3/c1-9-6-12(9)14-5-4-11(19-14)8-17(3)15(18)13-7-10(2)20-16-13/h4-5,7,9,12H,6,8H2,1-3H3. The fourth-order valence-electron chi connectivity index (χ4n) is 2.37. The summed E-state index contributed by atoms with van der Waals surface area (Å²) in [4.78, 5) is 13.7. The molecule has 0 aromatic carbocycles. The number of furan rings is 1. The lowest BCUT2D eigenvalue weighted by Gasteiger charge is -2.13. The highest BCUT2D eigenvalue weighted by molar-refractivity contribution is 5.91. The number of nitrogens with zero attached hydrogens (tertiary/aromatic N) is 2. The highest BCUT2D eigenvalue weighted by atomic mass is 16.5. The highest BCUT2D eigenvalue weighted by Crippen LogP contribution is 2.47. The zero-order valence-electron chi connectivity index (χ0n) is 11.9. The Balaban J connectivity index is 1.65. The summed E-state index contributed by atoms with van der Waals surface area (Å²) in [6.07, 6.45) is 1.19. The average Bonchev–Trinajstić information content (AvgIpc) is 2.80. The maximum absolute atomic E-state index is 12.1. The van der Waals surface area contributed by atoms with Crippen LogP contribution in [0.25, 0.3) is 0 Å². The van der Waals surface area contributed by atoms with E-state index >= 15 is 0 Å².